The van der Waals surface area contributed by atoms with Crippen molar-refractivity contribution in [3.63, 3.8) is 0 Å². The van der Waals surface area contributed by atoms with Gasteiger partial charge in [0.15, 0.2) is 0 Å². The Morgan fingerprint density at radius 2 is 1.94 bits per heavy atom. The van der Waals surface area contributed by atoms with E-state index < -0.39 is 0 Å². The van der Waals surface area contributed by atoms with Crippen LogP contribution in [-0.4, -0.2) is 16.5 Å². The molecule has 0 saturated heterocycles. The number of aromatic nitrogens is 2. The summed E-state index contributed by atoms with van der Waals surface area (Å²) in [6, 6.07) is 7.67. The van der Waals surface area contributed by atoms with Gasteiger partial charge in [-0.1, -0.05) is 17.7 Å². The van der Waals surface area contributed by atoms with Gasteiger partial charge in [0.2, 0.25) is 0 Å². The van der Waals surface area contributed by atoms with Gasteiger partial charge >= 0.3 is 0 Å². The first-order chi connectivity index (χ1) is 8.69. The zero-order valence-corrected chi connectivity index (χ0v) is 11.1. The van der Waals surface area contributed by atoms with Crippen molar-refractivity contribution < 1.29 is 0 Å². The van der Waals surface area contributed by atoms with Crippen molar-refractivity contribution in [3.8, 4) is 0 Å². The first-order valence-electron chi connectivity index (χ1n) is 5.78. The standard InChI is InChI=1S/C13H15ClN4/c1-3-15-12-7-13(17-8-16-12)18-11-6-9(2)4-5-10(11)14/h4-8H,3H2,1-2H3,(H2,15,16,17,18). The highest BCUT2D eigenvalue weighted by Gasteiger charge is 2.03. The first-order valence-corrected chi connectivity index (χ1v) is 6.16. The largest absolute Gasteiger partial charge is 0.370 e. The number of hydrogen-bond donors (Lipinski definition) is 2. The maximum Gasteiger partial charge on any atom is 0.135 e. The summed E-state index contributed by atoms with van der Waals surface area (Å²) in [6.07, 6.45) is 1.52. The van der Waals surface area contributed by atoms with E-state index in [1.807, 2.05) is 38.1 Å². The molecule has 0 saturated carbocycles. The highest BCUT2D eigenvalue weighted by atomic mass is 35.5. The van der Waals surface area contributed by atoms with Gasteiger partial charge in [-0.15, -0.1) is 0 Å². The average Bonchev–Trinajstić information content (AvgIpc) is 2.35. The summed E-state index contributed by atoms with van der Waals surface area (Å²) in [4.78, 5) is 8.28. The third-order valence-corrected chi connectivity index (χ3v) is 2.74. The third kappa shape index (κ3) is 3.11. The van der Waals surface area contributed by atoms with E-state index in [-0.39, 0.29) is 0 Å². The molecular formula is C13H15ClN4. The van der Waals surface area contributed by atoms with Crippen molar-refractivity contribution in [2.75, 3.05) is 17.2 Å². The summed E-state index contributed by atoms with van der Waals surface area (Å²) < 4.78 is 0. The fraction of sp³-hybridized carbons (Fsp3) is 0.231. The van der Waals surface area contributed by atoms with Crippen molar-refractivity contribution in [2.24, 2.45) is 0 Å². The lowest BCUT2D eigenvalue weighted by Crippen LogP contribution is -2.01. The monoisotopic (exact) mass is 262 g/mol. The summed E-state index contributed by atoms with van der Waals surface area (Å²) in [5, 5.41) is 6.99. The number of nitrogens with one attached hydrogen (secondary N) is 2. The van der Waals surface area contributed by atoms with Crippen LogP contribution in [0.4, 0.5) is 17.3 Å². The molecule has 2 rings (SSSR count). The molecule has 2 N–H and O–H groups in total. The second-order valence-corrected chi connectivity index (χ2v) is 4.33. The van der Waals surface area contributed by atoms with Gasteiger partial charge in [0, 0.05) is 12.6 Å². The van der Waals surface area contributed by atoms with Crippen LogP contribution in [0.25, 0.3) is 0 Å². The van der Waals surface area contributed by atoms with E-state index in [2.05, 4.69) is 20.6 Å². The molecule has 0 bridgehead atoms. The summed E-state index contributed by atoms with van der Waals surface area (Å²) in [5.41, 5.74) is 1.99. The van der Waals surface area contributed by atoms with Crippen LogP contribution in [0.15, 0.2) is 30.6 Å². The van der Waals surface area contributed by atoms with Crippen LogP contribution in [0.1, 0.15) is 12.5 Å². The fourth-order valence-electron chi connectivity index (χ4n) is 1.58. The normalized spacial score (nSPS) is 10.2. The van der Waals surface area contributed by atoms with Gasteiger partial charge in [0.25, 0.3) is 0 Å². The molecule has 0 unspecified atom stereocenters. The number of benzene rings is 1. The summed E-state index contributed by atoms with van der Waals surface area (Å²) in [7, 11) is 0. The molecule has 0 aliphatic carbocycles. The van der Waals surface area contributed by atoms with Crippen LogP contribution in [0.2, 0.25) is 5.02 Å². The van der Waals surface area contributed by atoms with E-state index in [1.165, 1.54) is 6.33 Å². The molecule has 1 aromatic carbocycles. The summed E-state index contributed by atoms with van der Waals surface area (Å²) >= 11 is 6.13. The molecule has 0 fully saturated rings. The molecule has 5 heteroatoms. The Labute approximate surface area is 111 Å². The predicted molar refractivity (Wildman–Crippen MR) is 75.7 cm³/mol. The van der Waals surface area contributed by atoms with E-state index in [4.69, 9.17) is 11.6 Å². The maximum absolute atomic E-state index is 6.13. The number of anilines is 3. The van der Waals surface area contributed by atoms with Gasteiger partial charge < -0.3 is 10.6 Å². The molecule has 0 spiro atoms. The van der Waals surface area contributed by atoms with Gasteiger partial charge in [-0.25, -0.2) is 9.97 Å². The zero-order chi connectivity index (χ0) is 13.0. The molecule has 94 valence electrons. The van der Waals surface area contributed by atoms with Gasteiger partial charge in [0.05, 0.1) is 10.7 Å². The number of halogens is 1. The Kier molecular flexibility index (Phi) is 3.99. The number of nitrogens with zero attached hydrogens (tertiary/aromatic N) is 2. The first kappa shape index (κ1) is 12.6. The third-order valence-electron chi connectivity index (χ3n) is 2.41. The maximum atomic E-state index is 6.13. The van der Waals surface area contributed by atoms with E-state index in [0.717, 1.165) is 23.6 Å². The molecule has 4 nitrogen and oxygen atoms in total. The van der Waals surface area contributed by atoms with Crippen LogP contribution < -0.4 is 10.6 Å². The van der Waals surface area contributed by atoms with E-state index in [1.54, 1.807) is 0 Å². The van der Waals surface area contributed by atoms with Crippen LogP contribution in [0.5, 0.6) is 0 Å². The Morgan fingerprint density at radius 3 is 2.72 bits per heavy atom. The second-order valence-electron chi connectivity index (χ2n) is 3.93. The summed E-state index contributed by atoms with van der Waals surface area (Å²) in [6.45, 7) is 4.86. The molecule has 0 atom stereocenters. The van der Waals surface area contributed by atoms with Gasteiger partial charge in [-0.2, -0.15) is 0 Å². The van der Waals surface area contributed by atoms with Crippen molar-refractivity contribution in [2.45, 2.75) is 13.8 Å². The topological polar surface area (TPSA) is 49.8 Å². The van der Waals surface area contributed by atoms with Crippen LogP contribution >= 0.6 is 11.6 Å². The minimum atomic E-state index is 0.671. The molecule has 0 aliphatic rings. The molecule has 1 aromatic heterocycles. The molecule has 0 amide bonds. The Balaban J connectivity index is 2.22. The number of aryl methyl sites for hydroxylation is 1. The van der Waals surface area contributed by atoms with Gasteiger partial charge in [-0.3, -0.25) is 0 Å². The van der Waals surface area contributed by atoms with Crippen LogP contribution in [0, 0.1) is 6.92 Å². The highest BCUT2D eigenvalue weighted by molar-refractivity contribution is 6.33. The van der Waals surface area contributed by atoms with Crippen molar-refractivity contribution in [1.29, 1.82) is 0 Å². The smallest absolute Gasteiger partial charge is 0.135 e. The minimum Gasteiger partial charge on any atom is -0.370 e. The predicted octanol–water partition coefficient (Wildman–Crippen LogP) is 3.61. The zero-order valence-electron chi connectivity index (χ0n) is 10.4. The molecule has 1 heterocycles. The lowest BCUT2D eigenvalue weighted by Gasteiger charge is -2.09. The highest BCUT2D eigenvalue weighted by Crippen LogP contribution is 2.25. The second kappa shape index (κ2) is 5.69. The van der Waals surface area contributed by atoms with Crippen LogP contribution in [-0.2, 0) is 0 Å². The van der Waals surface area contributed by atoms with Gasteiger partial charge in [-0.05, 0) is 31.5 Å². The lowest BCUT2D eigenvalue weighted by molar-refractivity contribution is 1.11. The van der Waals surface area contributed by atoms with Crippen molar-refractivity contribution >= 4 is 28.9 Å². The average molecular weight is 263 g/mol. The van der Waals surface area contributed by atoms with E-state index >= 15 is 0 Å². The van der Waals surface area contributed by atoms with Crippen molar-refractivity contribution in [3.05, 3.63) is 41.2 Å². The molecule has 0 aliphatic heterocycles. The number of rotatable bonds is 4. The van der Waals surface area contributed by atoms with E-state index in [0.29, 0.717) is 10.8 Å². The van der Waals surface area contributed by atoms with Crippen LogP contribution in [0.3, 0.4) is 0 Å². The molecule has 18 heavy (non-hydrogen) atoms. The minimum absolute atomic E-state index is 0.671. The molecular weight excluding hydrogens is 248 g/mol. The lowest BCUT2D eigenvalue weighted by atomic mass is 10.2. The molecule has 0 radical (unpaired) electrons. The Morgan fingerprint density at radius 1 is 1.17 bits per heavy atom. The van der Waals surface area contributed by atoms with E-state index in [9.17, 15) is 0 Å². The fourth-order valence-corrected chi connectivity index (χ4v) is 1.74. The SMILES string of the molecule is CCNc1cc(Nc2cc(C)ccc2Cl)ncn1. The Hall–Kier alpha value is -1.81. The Bertz CT molecular complexity index is 542. The molecule has 2 aromatic rings. The number of hydrogen-bond acceptors (Lipinski definition) is 4. The quantitative estimate of drug-likeness (QED) is 0.884. The summed E-state index contributed by atoms with van der Waals surface area (Å²) in [5.74, 6) is 1.51. The van der Waals surface area contributed by atoms with Gasteiger partial charge in [0.1, 0.15) is 18.0 Å². The van der Waals surface area contributed by atoms with Crippen molar-refractivity contribution in [1.82, 2.24) is 9.97 Å².